The predicted octanol–water partition coefficient (Wildman–Crippen LogP) is 0.940. The molecule has 42 valence electrons. The lowest BCUT2D eigenvalue weighted by Gasteiger charge is -2.31. The third-order valence-electron chi connectivity index (χ3n) is 1.06. The molecule has 3 nitrogen and oxygen atoms in total. The third kappa shape index (κ3) is 0.338. The Hall–Kier alpha value is -0.640. The van der Waals surface area contributed by atoms with Gasteiger partial charge >= 0.3 is 6.09 Å². The van der Waals surface area contributed by atoms with Crippen molar-refractivity contribution in [3.8, 4) is 0 Å². The van der Waals surface area contributed by atoms with E-state index in [1.54, 1.807) is 11.1 Å². The highest BCUT2D eigenvalue weighted by molar-refractivity contribution is 8.02. The van der Waals surface area contributed by atoms with Gasteiger partial charge in [-0.3, -0.25) is 0 Å². The minimum atomic E-state index is -0.240. The lowest BCUT2D eigenvalue weighted by molar-refractivity contribution is -0.0138. The van der Waals surface area contributed by atoms with Gasteiger partial charge in [0.2, 0.25) is 5.56 Å². The number of ether oxygens (including phenoxy) is 1. The normalized spacial score (nSPS) is 31.8. The molecule has 2 aliphatic heterocycles. The number of amides is 1. The van der Waals surface area contributed by atoms with Crippen LogP contribution in [0.2, 0.25) is 0 Å². The Bertz CT molecular complexity index is 167. The van der Waals surface area contributed by atoms with Crippen molar-refractivity contribution in [2.45, 2.75) is 5.56 Å². The number of nitrogens with zero attached hydrogens (tertiary/aromatic N) is 1. The molecule has 0 aliphatic carbocycles. The summed E-state index contributed by atoms with van der Waals surface area (Å²) in [5.41, 5.74) is -0.0394. The number of hydrogen-bond donors (Lipinski definition) is 0. The van der Waals surface area contributed by atoms with Crippen molar-refractivity contribution >= 4 is 17.9 Å². The molecule has 1 saturated heterocycles. The molecule has 0 spiro atoms. The second kappa shape index (κ2) is 1.20. The molecule has 2 aliphatic rings. The summed E-state index contributed by atoms with van der Waals surface area (Å²) in [6, 6.07) is 0. The molecule has 0 aromatic rings. The van der Waals surface area contributed by atoms with Gasteiger partial charge in [-0.1, -0.05) is 11.8 Å². The molecule has 0 saturated carbocycles. The first-order chi connectivity index (χ1) is 3.88. The second-order valence-corrected chi connectivity index (χ2v) is 2.47. The zero-order chi connectivity index (χ0) is 5.56. The molecule has 4 heteroatoms. The number of hydrogen-bond acceptors (Lipinski definition) is 3. The van der Waals surface area contributed by atoms with Crippen LogP contribution in [0.15, 0.2) is 11.6 Å². The van der Waals surface area contributed by atoms with Crippen LogP contribution in [0.1, 0.15) is 0 Å². The van der Waals surface area contributed by atoms with Crippen molar-refractivity contribution in [2.24, 2.45) is 0 Å². The summed E-state index contributed by atoms with van der Waals surface area (Å²) < 4.78 is 4.65. The van der Waals surface area contributed by atoms with Crippen LogP contribution in [0.25, 0.3) is 0 Å². The van der Waals surface area contributed by atoms with Crippen LogP contribution in [0.3, 0.4) is 0 Å². The monoisotopic (exact) mass is 129 g/mol. The summed E-state index contributed by atoms with van der Waals surface area (Å²) in [7, 11) is 0. The first-order valence-electron chi connectivity index (χ1n) is 2.19. The quantitative estimate of drug-likeness (QED) is 0.487. The van der Waals surface area contributed by atoms with Crippen LogP contribution >= 0.6 is 11.8 Å². The number of thioether (sulfide) groups is 1. The number of rotatable bonds is 0. The number of carbonyl (C=O) groups is 1. The Morgan fingerprint density at radius 2 is 2.75 bits per heavy atom. The van der Waals surface area contributed by atoms with Gasteiger partial charge in [-0.2, -0.15) is 0 Å². The Morgan fingerprint density at radius 1 is 1.88 bits per heavy atom. The molecule has 1 amide bonds. The first kappa shape index (κ1) is 4.26. The molecule has 0 aromatic carbocycles. The Labute approximate surface area is 50.3 Å². The molecule has 0 radical (unpaired) electrons. The minimum Gasteiger partial charge on any atom is -0.414 e. The fourth-order valence-electron chi connectivity index (χ4n) is 0.633. The summed E-state index contributed by atoms with van der Waals surface area (Å²) in [6.45, 7) is 0. The highest BCUT2D eigenvalue weighted by Crippen LogP contribution is 2.33. The van der Waals surface area contributed by atoms with Gasteiger partial charge in [-0.15, -0.1) is 0 Å². The summed E-state index contributed by atoms with van der Waals surface area (Å²) in [4.78, 5) is 11.9. The number of fused-ring (bicyclic) bond motifs is 1. The van der Waals surface area contributed by atoms with E-state index in [0.717, 1.165) is 0 Å². The molecule has 0 N–H and O–H groups in total. The summed E-state index contributed by atoms with van der Waals surface area (Å²) >= 11 is 1.50. The first-order valence-corrected chi connectivity index (χ1v) is 3.13. The van der Waals surface area contributed by atoms with Crippen LogP contribution in [-0.4, -0.2) is 16.6 Å². The molecule has 1 fully saturated rings. The van der Waals surface area contributed by atoms with E-state index in [1.165, 1.54) is 11.8 Å². The van der Waals surface area contributed by atoms with E-state index in [2.05, 4.69) is 4.74 Å². The highest BCUT2D eigenvalue weighted by atomic mass is 32.2. The molecule has 0 unspecified atom stereocenters. The Balaban J connectivity index is 2.21. The lowest BCUT2D eigenvalue weighted by atomic mass is 10.7. The summed E-state index contributed by atoms with van der Waals surface area (Å²) in [5, 5.41) is 1.84. The van der Waals surface area contributed by atoms with Crippen LogP contribution in [0.5, 0.6) is 0 Å². The predicted molar refractivity (Wildman–Crippen MR) is 28.8 cm³/mol. The van der Waals surface area contributed by atoms with Gasteiger partial charge in [0.25, 0.3) is 0 Å². The maximum absolute atomic E-state index is 10.4. The van der Waals surface area contributed by atoms with Crippen LogP contribution in [-0.2, 0) is 4.74 Å². The molecule has 1 atom stereocenters. The van der Waals surface area contributed by atoms with Crippen LogP contribution in [0, 0.1) is 0 Å². The summed E-state index contributed by atoms with van der Waals surface area (Å²) in [6.07, 6.45) is 1.48. The number of carbonyl (C=O) groups excluding carboxylic acids is 1. The van der Waals surface area contributed by atoms with Gasteiger partial charge in [-0.25, -0.2) is 9.69 Å². The van der Waals surface area contributed by atoms with Crippen molar-refractivity contribution in [1.82, 2.24) is 4.90 Å². The van der Waals surface area contributed by atoms with Crippen molar-refractivity contribution in [1.29, 1.82) is 0 Å². The molecule has 2 rings (SSSR count). The van der Waals surface area contributed by atoms with E-state index in [-0.39, 0.29) is 11.7 Å². The highest BCUT2D eigenvalue weighted by Gasteiger charge is 2.39. The Kier molecular flexibility index (Phi) is 0.637. The average molecular weight is 129 g/mol. The molecular weight excluding hydrogens is 126 g/mol. The lowest BCUT2D eigenvalue weighted by Crippen LogP contribution is -2.46. The zero-order valence-electron chi connectivity index (χ0n) is 3.90. The molecular formula is C4H3NO2S. The maximum atomic E-state index is 10.4. The maximum Gasteiger partial charge on any atom is 0.420 e. The van der Waals surface area contributed by atoms with Crippen molar-refractivity contribution < 1.29 is 9.53 Å². The average Bonchev–Trinajstić information content (AvgIpc) is 2.09. The fourth-order valence-corrected chi connectivity index (χ4v) is 1.39. The van der Waals surface area contributed by atoms with Crippen LogP contribution in [0.4, 0.5) is 4.79 Å². The minimum absolute atomic E-state index is 0.0394. The van der Waals surface area contributed by atoms with E-state index >= 15 is 0 Å². The van der Waals surface area contributed by atoms with E-state index in [1.807, 2.05) is 5.41 Å². The van der Waals surface area contributed by atoms with Gasteiger partial charge in [0.15, 0.2) is 0 Å². The molecule has 0 bridgehead atoms. The Morgan fingerprint density at radius 3 is 3.25 bits per heavy atom. The smallest absolute Gasteiger partial charge is 0.414 e. The van der Waals surface area contributed by atoms with Gasteiger partial charge < -0.3 is 4.74 Å². The van der Waals surface area contributed by atoms with E-state index in [4.69, 9.17) is 0 Å². The zero-order valence-corrected chi connectivity index (χ0v) is 4.72. The van der Waals surface area contributed by atoms with Gasteiger partial charge in [0, 0.05) is 6.20 Å². The third-order valence-corrected chi connectivity index (χ3v) is 1.89. The van der Waals surface area contributed by atoms with Gasteiger partial charge in [-0.05, 0) is 5.41 Å². The SMILES string of the molecule is O=C1O[C@@H]2SC=CN12. The topological polar surface area (TPSA) is 29.5 Å². The molecule has 2 heterocycles. The fraction of sp³-hybridized carbons (Fsp3) is 0.250. The van der Waals surface area contributed by atoms with E-state index in [0.29, 0.717) is 0 Å². The second-order valence-electron chi connectivity index (χ2n) is 1.52. The van der Waals surface area contributed by atoms with E-state index in [9.17, 15) is 4.79 Å². The molecule has 8 heavy (non-hydrogen) atoms. The standard InChI is InChI=1S/C4H3NO2S/c6-3-5-1-2-8-4(5)7-3/h1-2,4H/t4-/m1/s1. The van der Waals surface area contributed by atoms with E-state index < -0.39 is 0 Å². The van der Waals surface area contributed by atoms with Crippen molar-refractivity contribution in [2.75, 3.05) is 0 Å². The summed E-state index contributed by atoms with van der Waals surface area (Å²) in [5.74, 6) is 0. The largest absolute Gasteiger partial charge is 0.420 e. The van der Waals surface area contributed by atoms with Gasteiger partial charge in [0.1, 0.15) is 0 Å². The van der Waals surface area contributed by atoms with Crippen molar-refractivity contribution in [3.63, 3.8) is 0 Å². The van der Waals surface area contributed by atoms with Gasteiger partial charge in [0.05, 0.1) is 0 Å². The molecule has 0 aromatic heterocycles. The van der Waals surface area contributed by atoms with Crippen LogP contribution < -0.4 is 0 Å². The van der Waals surface area contributed by atoms with Crippen molar-refractivity contribution in [3.05, 3.63) is 11.6 Å².